The number of nitrogens with two attached hydrogens (primary N) is 1. The van der Waals surface area contributed by atoms with Crippen LogP contribution in [0.15, 0.2) is 48.8 Å². The highest BCUT2D eigenvalue weighted by atomic mass is 16.5. The molecule has 104 valence electrons. The lowest BCUT2D eigenvalue weighted by Gasteiger charge is -2.29. The Balaban J connectivity index is 1.70. The van der Waals surface area contributed by atoms with Gasteiger partial charge in [-0.05, 0) is 48.6 Å². The molecule has 0 saturated heterocycles. The number of pyridine rings is 1. The maximum absolute atomic E-state index is 6.11. The van der Waals surface area contributed by atoms with Crippen molar-refractivity contribution in [2.75, 3.05) is 0 Å². The second kappa shape index (κ2) is 6.06. The Hall–Kier alpha value is -1.87. The quantitative estimate of drug-likeness (QED) is 0.928. The van der Waals surface area contributed by atoms with E-state index in [4.69, 9.17) is 10.5 Å². The number of hydrogen-bond donors (Lipinski definition) is 1. The zero-order valence-electron chi connectivity index (χ0n) is 11.5. The van der Waals surface area contributed by atoms with Crippen molar-refractivity contribution in [1.82, 2.24) is 4.98 Å². The zero-order valence-corrected chi connectivity index (χ0v) is 11.5. The van der Waals surface area contributed by atoms with E-state index >= 15 is 0 Å². The van der Waals surface area contributed by atoms with E-state index in [9.17, 15) is 0 Å². The average Bonchev–Trinajstić information content (AvgIpc) is 2.51. The molecule has 2 atom stereocenters. The second-order valence-corrected chi connectivity index (χ2v) is 5.37. The van der Waals surface area contributed by atoms with Gasteiger partial charge in [0.15, 0.2) is 0 Å². The molecule has 1 aliphatic carbocycles. The SMILES string of the molecule is NC1CCCCC1Oc1ccc(-c2cccnc2)cc1. The highest BCUT2D eigenvalue weighted by Crippen LogP contribution is 2.25. The fourth-order valence-electron chi connectivity index (χ4n) is 2.71. The summed E-state index contributed by atoms with van der Waals surface area (Å²) < 4.78 is 6.02. The van der Waals surface area contributed by atoms with Crippen LogP contribution in [0.2, 0.25) is 0 Å². The molecule has 0 radical (unpaired) electrons. The van der Waals surface area contributed by atoms with Crippen LogP contribution in [-0.2, 0) is 0 Å². The molecule has 3 rings (SSSR count). The minimum Gasteiger partial charge on any atom is -0.489 e. The highest BCUT2D eigenvalue weighted by Gasteiger charge is 2.23. The van der Waals surface area contributed by atoms with Crippen LogP contribution < -0.4 is 10.5 Å². The normalized spacial score (nSPS) is 22.4. The van der Waals surface area contributed by atoms with Crippen molar-refractivity contribution < 1.29 is 4.74 Å². The average molecular weight is 268 g/mol. The summed E-state index contributed by atoms with van der Waals surface area (Å²) in [5.41, 5.74) is 8.38. The molecule has 2 N–H and O–H groups in total. The molecule has 0 amide bonds. The lowest BCUT2D eigenvalue weighted by Crippen LogP contribution is -2.41. The van der Waals surface area contributed by atoms with Gasteiger partial charge in [-0.1, -0.05) is 24.6 Å². The second-order valence-electron chi connectivity index (χ2n) is 5.37. The third kappa shape index (κ3) is 2.99. The van der Waals surface area contributed by atoms with Gasteiger partial charge < -0.3 is 10.5 Å². The van der Waals surface area contributed by atoms with Gasteiger partial charge in [0.1, 0.15) is 11.9 Å². The lowest BCUT2D eigenvalue weighted by atomic mass is 9.93. The van der Waals surface area contributed by atoms with E-state index in [0.29, 0.717) is 0 Å². The molecule has 3 heteroatoms. The molecule has 20 heavy (non-hydrogen) atoms. The van der Waals surface area contributed by atoms with Crippen LogP contribution in [0.5, 0.6) is 5.75 Å². The Labute approximate surface area is 119 Å². The van der Waals surface area contributed by atoms with E-state index in [1.165, 1.54) is 12.8 Å². The molecule has 2 unspecified atom stereocenters. The van der Waals surface area contributed by atoms with Gasteiger partial charge in [-0.15, -0.1) is 0 Å². The van der Waals surface area contributed by atoms with Crippen molar-refractivity contribution in [3.8, 4) is 16.9 Å². The molecule has 0 aliphatic heterocycles. The lowest BCUT2D eigenvalue weighted by molar-refractivity contribution is 0.132. The van der Waals surface area contributed by atoms with Crippen molar-refractivity contribution in [1.29, 1.82) is 0 Å². The summed E-state index contributed by atoms with van der Waals surface area (Å²) in [5, 5.41) is 0. The molecule has 0 bridgehead atoms. The predicted molar refractivity (Wildman–Crippen MR) is 80.5 cm³/mol. The standard InChI is InChI=1S/C17H20N2O/c18-16-5-1-2-6-17(16)20-15-9-7-13(8-10-15)14-4-3-11-19-12-14/h3-4,7-12,16-17H,1-2,5-6,18H2. The van der Waals surface area contributed by atoms with Gasteiger partial charge in [-0.25, -0.2) is 0 Å². The van der Waals surface area contributed by atoms with Crippen LogP contribution in [0.1, 0.15) is 25.7 Å². The summed E-state index contributed by atoms with van der Waals surface area (Å²) in [6, 6.07) is 12.3. The molecular weight excluding hydrogens is 248 g/mol. The van der Waals surface area contributed by atoms with Crippen molar-refractivity contribution >= 4 is 0 Å². The first kappa shape index (κ1) is 13.1. The predicted octanol–water partition coefficient (Wildman–Crippen LogP) is 3.40. The number of hydrogen-bond acceptors (Lipinski definition) is 3. The third-order valence-corrected chi connectivity index (χ3v) is 3.89. The molecule has 2 aromatic rings. The molecule has 1 saturated carbocycles. The van der Waals surface area contributed by atoms with Crippen LogP contribution >= 0.6 is 0 Å². The maximum Gasteiger partial charge on any atom is 0.119 e. The van der Waals surface area contributed by atoms with Crippen LogP contribution in [0.25, 0.3) is 11.1 Å². The van der Waals surface area contributed by atoms with Crippen LogP contribution in [0, 0.1) is 0 Å². The van der Waals surface area contributed by atoms with Crippen molar-refractivity contribution in [3.63, 3.8) is 0 Å². The first-order valence-corrected chi connectivity index (χ1v) is 7.25. The van der Waals surface area contributed by atoms with Crippen molar-refractivity contribution in [3.05, 3.63) is 48.8 Å². The zero-order chi connectivity index (χ0) is 13.8. The van der Waals surface area contributed by atoms with E-state index in [0.717, 1.165) is 29.7 Å². The molecule has 1 aliphatic rings. The van der Waals surface area contributed by atoms with Gasteiger partial charge in [0.2, 0.25) is 0 Å². The highest BCUT2D eigenvalue weighted by molar-refractivity contribution is 5.62. The molecule has 1 heterocycles. The Bertz CT molecular complexity index is 539. The largest absolute Gasteiger partial charge is 0.489 e. The van der Waals surface area contributed by atoms with E-state index in [1.54, 1.807) is 6.20 Å². The third-order valence-electron chi connectivity index (χ3n) is 3.89. The van der Waals surface area contributed by atoms with Gasteiger partial charge in [0.25, 0.3) is 0 Å². The molecule has 1 aromatic carbocycles. The summed E-state index contributed by atoms with van der Waals surface area (Å²) in [7, 11) is 0. The van der Waals surface area contributed by atoms with Crippen molar-refractivity contribution in [2.24, 2.45) is 5.73 Å². The van der Waals surface area contributed by atoms with Crippen LogP contribution in [0.3, 0.4) is 0 Å². The van der Waals surface area contributed by atoms with E-state index < -0.39 is 0 Å². The van der Waals surface area contributed by atoms with E-state index in [1.807, 2.05) is 24.4 Å². The molecule has 1 fully saturated rings. The molecular formula is C17H20N2O. The van der Waals surface area contributed by atoms with E-state index in [2.05, 4.69) is 23.2 Å². The number of rotatable bonds is 3. The summed E-state index contributed by atoms with van der Waals surface area (Å²) in [4.78, 5) is 4.14. The first-order valence-electron chi connectivity index (χ1n) is 7.25. The van der Waals surface area contributed by atoms with E-state index in [-0.39, 0.29) is 12.1 Å². The minimum atomic E-state index is 0.160. The van der Waals surface area contributed by atoms with Gasteiger partial charge in [0, 0.05) is 18.4 Å². The Morgan fingerprint density at radius 2 is 1.80 bits per heavy atom. The van der Waals surface area contributed by atoms with Crippen molar-refractivity contribution in [2.45, 2.75) is 37.8 Å². The van der Waals surface area contributed by atoms with Gasteiger partial charge >= 0.3 is 0 Å². The Kier molecular flexibility index (Phi) is 3.97. The smallest absolute Gasteiger partial charge is 0.119 e. The Morgan fingerprint density at radius 1 is 1.00 bits per heavy atom. The fourth-order valence-corrected chi connectivity index (χ4v) is 2.71. The van der Waals surface area contributed by atoms with Gasteiger partial charge in [-0.3, -0.25) is 4.98 Å². The minimum absolute atomic E-state index is 0.160. The van der Waals surface area contributed by atoms with Gasteiger partial charge in [-0.2, -0.15) is 0 Å². The molecule has 1 aromatic heterocycles. The molecule has 0 spiro atoms. The number of nitrogens with zero attached hydrogens (tertiary/aromatic N) is 1. The van der Waals surface area contributed by atoms with Gasteiger partial charge in [0.05, 0.1) is 0 Å². The number of ether oxygens (including phenoxy) is 1. The van der Waals surface area contributed by atoms with Crippen LogP contribution in [0.4, 0.5) is 0 Å². The summed E-state index contributed by atoms with van der Waals surface area (Å²) in [5.74, 6) is 0.903. The maximum atomic E-state index is 6.11. The summed E-state index contributed by atoms with van der Waals surface area (Å²) >= 11 is 0. The summed E-state index contributed by atoms with van der Waals surface area (Å²) in [6.07, 6.45) is 8.38. The monoisotopic (exact) mass is 268 g/mol. The fraction of sp³-hybridized carbons (Fsp3) is 0.353. The first-order chi connectivity index (χ1) is 9.83. The number of benzene rings is 1. The Morgan fingerprint density at radius 3 is 2.50 bits per heavy atom. The summed E-state index contributed by atoms with van der Waals surface area (Å²) in [6.45, 7) is 0. The van der Waals surface area contributed by atoms with Crippen LogP contribution in [-0.4, -0.2) is 17.1 Å². The topological polar surface area (TPSA) is 48.1 Å². The molecule has 3 nitrogen and oxygen atoms in total. The number of aromatic nitrogens is 1.